The minimum absolute atomic E-state index is 0.0739. The minimum Gasteiger partial charge on any atom is -0.334 e. The number of rotatable bonds is 8. The van der Waals surface area contributed by atoms with Crippen molar-refractivity contribution in [2.24, 2.45) is 11.1 Å². The summed E-state index contributed by atoms with van der Waals surface area (Å²) >= 11 is 0. The van der Waals surface area contributed by atoms with Gasteiger partial charge in [-0.3, -0.25) is 9.59 Å². The second kappa shape index (κ2) is 10.9. The Balaban J connectivity index is 1.86. The SMILES string of the molecule is CC(C)(C)CC(=O)N(Cc1cccc(CN)c1)Cc1ccccc1NC(=O)c1ccccc1. The molecule has 3 aromatic rings. The molecule has 0 unspecified atom stereocenters. The molecule has 0 heterocycles. The lowest BCUT2D eigenvalue weighted by Crippen LogP contribution is -2.33. The molecular weight excluding hydrogens is 410 g/mol. The molecule has 3 aromatic carbocycles. The van der Waals surface area contributed by atoms with Crippen LogP contribution >= 0.6 is 0 Å². The largest absolute Gasteiger partial charge is 0.334 e. The molecule has 0 saturated carbocycles. The fourth-order valence-electron chi connectivity index (χ4n) is 3.64. The van der Waals surface area contributed by atoms with Gasteiger partial charge in [0.05, 0.1) is 0 Å². The van der Waals surface area contributed by atoms with E-state index in [0.717, 1.165) is 16.7 Å². The van der Waals surface area contributed by atoms with E-state index in [1.807, 2.05) is 71.6 Å². The summed E-state index contributed by atoms with van der Waals surface area (Å²) in [6.45, 7) is 7.51. The van der Waals surface area contributed by atoms with Crippen molar-refractivity contribution in [1.82, 2.24) is 4.90 Å². The van der Waals surface area contributed by atoms with Gasteiger partial charge in [0.25, 0.3) is 5.91 Å². The van der Waals surface area contributed by atoms with Gasteiger partial charge in [0.2, 0.25) is 5.91 Å². The normalized spacial score (nSPS) is 11.2. The van der Waals surface area contributed by atoms with Crippen LogP contribution in [-0.4, -0.2) is 16.7 Å². The summed E-state index contributed by atoms with van der Waals surface area (Å²) in [6, 6.07) is 24.8. The van der Waals surface area contributed by atoms with Crippen LogP contribution in [0.1, 0.15) is 54.2 Å². The molecule has 3 N–H and O–H groups in total. The Morgan fingerprint density at radius 3 is 2.21 bits per heavy atom. The summed E-state index contributed by atoms with van der Waals surface area (Å²) in [5.41, 5.74) is 9.93. The van der Waals surface area contributed by atoms with E-state index in [0.29, 0.717) is 37.3 Å². The maximum atomic E-state index is 13.3. The number of carbonyl (C=O) groups excluding carboxylic acids is 2. The Bertz CT molecular complexity index is 1090. The Hall–Kier alpha value is -3.44. The molecule has 2 amide bonds. The van der Waals surface area contributed by atoms with Gasteiger partial charge in [-0.15, -0.1) is 0 Å². The highest BCUT2D eigenvalue weighted by molar-refractivity contribution is 6.04. The Morgan fingerprint density at radius 1 is 0.848 bits per heavy atom. The molecular formula is C28H33N3O2. The lowest BCUT2D eigenvalue weighted by molar-refractivity contribution is -0.134. The van der Waals surface area contributed by atoms with Gasteiger partial charge in [0.1, 0.15) is 0 Å². The van der Waals surface area contributed by atoms with Crippen molar-refractivity contribution in [1.29, 1.82) is 0 Å². The standard InChI is InChI=1S/C28H33N3O2/c1-28(2,3)17-26(32)31(19-22-11-9-10-21(16-22)18-29)20-24-14-7-8-15-25(24)30-27(33)23-12-5-4-6-13-23/h4-16H,17-20,29H2,1-3H3,(H,30,33). The summed E-state index contributed by atoms with van der Waals surface area (Å²) in [5.74, 6) is -0.101. The van der Waals surface area contributed by atoms with Gasteiger partial charge in [-0.2, -0.15) is 0 Å². The second-order valence-corrected chi connectivity index (χ2v) is 9.49. The van der Waals surface area contributed by atoms with Crippen LogP contribution in [0, 0.1) is 5.41 Å². The van der Waals surface area contributed by atoms with Gasteiger partial charge >= 0.3 is 0 Å². The van der Waals surface area contributed by atoms with Gasteiger partial charge in [-0.05, 0) is 40.3 Å². The lowest BCUT2D eigenvalue weighted by atomic mass is 9.91. The van der Waals surface area contributed by atoms with Crippen molar-refractivity contribution in [3.63, 3.8) is 0 Å². The van der Waals surface area contributed by atoms with Crippen LogP contribution in [0.3, 0.4) is 0 Å². The fraction of sp³-hybridized carbons (Fsp3) is 0.286. The van der Waals surface area contributed by atoms with Crippen molar-refractivity contribution in [3.8, 4) is 0 Å². The van der Waals surface area contributed by atoms with Crippen molar-refractivity contribution in [2.75, 3.05) is 5.32 Å². The Kier molecular flexibility index (Phi) is 8.01. The molecule has 3 rings (SSSR count). The number of nitrogens with one attached hydrogen (secondary N) is 1. The molecule has 0 aliphatic heterocycles. The summed E-state index contributed by atoms with van der Waals surface area (Å²) < 4.78 is 0. The van der Waals surface area contributed by atoms with Gasteiger partial charge in [0, 0.05) is 37.3 Å². The molecule has 172 valence electrons. The van der Waals surface area contributed by atoms with E-state index >= 15 is 0 Å². The predicted molar refractivity (Wildman–Crippen MR) is 133 cm³/mol. The first-order valence-electron chi connectivity index (χ1n) is 11.2. The van der Waals surface area contributed by atoms with Gasteiger partial charge in [-0.1, -0.05) is 81.4 Å². The molecule has 0 saturated heterocycles. The quantitative estimate of drug-likeness (QED) is 0.492. The molecule has 5 heteroatoms. The zero-order valence-corrected chi connectivity index (χ0v) is 19.7. The van der Waals surface area contributed by atoms with Crippen molar-refractivity contribution in [3.05, 3.63) is 101 Å². The molecule has 0 fully saturated rings. The van der Waals surface area contributed by atoms with Crippen LogP contribution in [0.25, 0.3) is 0 Å². The van der Waals surface area contributed by atoms with Gasteiger partial charge < -0.3 is 16.0 Å². The summed E-state index contributed by atoms with van der Waals surface area (Å²) in [7, 11) is 0. The van der Waals surface area contributed by atoms with Crippen LogP contribution in [0.5, 0.6) is 0 Å². The van der Waals surface area contributed by atoms with Gasteiger partial charge in [0.15, 0.2) is 0 Å². The van der Waals surface area contributed by atoms with E-state index in [9.17, 15) is 9.59 Å². The molecule has 33 heavy (non-hydrogen) atoms. The number of anilines is 1. The number of nitrogens with zero attached hydrogens (tertiary/aromatic N) is 1. The molecule has 0 spiro atoms. The third-order valence-electron chi connectivity index (χ3n) is 5.30. The molecule has 0 aliphatic carbocycles. The van der Waals surface area contributed by atoms with Crippen molar-refractivity contribution < 1.29 is 9.59 Å². The van der Waals surface area contributed by atoms with Crippen LogP contribution in [0.2, 0.25) is 0 Å². The number of carbonyl (C=O) groups is 2. The molecule has 0 aromatic heterocycles. The molecule has 0 radical (unpaired) electrons. The number of nitrogens with two attached hydrogens (primary N) is 1. The number of amides is 2. The summed E-state index contributed by atoms with van der Waals surface area (Å²) in [6.07, 6.45) is 0.433. The molecule has 0 atom stereocenters. The van der Waals surface area contributed by atoms with E-state index in [-0.39, 0.29) is 17.2 Å². The first-order valence-corrected chi connectivity index (χ1v) is 11.2. The first kappa shape index (κ1) is 24.2. The highest BCUT2D eigenvalue weighted by Gasteiger charge is 2.23. The fourth-order valence-corrected chi connectivity index (χ4v) is 3.64. The Labute approximate surface area is 196 Å². The highest BCUT2D eigenvalue weighted by atomic mass is 16.2. The maximum absolute atomic E-state index is 13.3. The minimum atomic E-state index is -0.175. The lowest BCUT2D eigenvalue weighted by Gasteiger charge is -2.28. The predicted octanol–water partition coefficient (Wildman–Crippen LogP) is 5.36. The zero-order chi connectivity index (χ0) is 23.8. The maximum Gasteiger partial charge on any atom is 0.255 e. The van der Waals surface area contributed by atoms with Crippen LogP contribution in [-0.2, 0) is 24.4 Å². The number of hydrogen-bond donors (Lipinski definition) is 2. The highest BCUT2D eigenvalue weighted by Crippen LogP contribution is 2.24. The topological polar surface area (TPSA) is 75.4 Å². The molecule has 5 nitrogen and oxygen atoms in total. The average Bonchev–Trinajstić information content (AvgIpc) is 2.79. The molecule has 0 bridgehead atoms. The zero-order valence-electron chi connectivity index (χ0n) is 19.7. The van der Waals surface area contributed by atoms with Crippen molar-refractivity contribution in [2.45, 2.75) is 46.8 Å². The van der Waals surface area contributed by atoms with Crippen LogP contribution in [0.15, 0.2) is 78.9 Å². The van der Waals surface area contributed by atoms with E-state index < -0.39 is 0 Å². The third kappa shape index (κ3) is 7.29. The average molecular weight is 444 g/mol. The Morgan fingerprint density at radius 2 is 1.52 bits per heavy atom. The van der Waals surface area contributed by atoms with E-state index in [2.05, 4.69) is 26.1 Å². The smallest absolute Gasteiger partial charge is 0.255 e. The van der Waals surface area contributed by atoms with E-state index in [1.165, 1.54) is 0 Å². The second-order valence-electron chi connectivity index (χ2n) is 9.49. The third-order valence-corrected chi connectivity index (χ3v) is 5.30. The monoisotopic (exact) mass is 443 g/mol. The number of para-hydroxylation sites is 1. The number of hydrogen-bond acceptors (Lipinski definition) is 3. The number of benzene rings is 3. The van der Waals surface area contributed by atoms with E-state index in [4.69, 9.17) is 5.73 Å². The van der Waals surface area contributed by atoms with Crippen LogP contribution in [0.4, 0.5) is 5.69 Å². The van der Waals surface area contributed by atoms with E-state index in [1.54, 1.807) is 12.1 Å². The summed E-state index contributed by atoms with van der Waals surface area (Å²) in [5, 5.41) is 3.01. The van der Waals surface area contributed by atoms with Crippen molar-refractivity contribution >= 4 is 17.5 Å². The van der Waals surface area contributed by atoms with Gasteiger partial charge in [-0.25, -0.2) is 0 Å². The molecule has 0 aliphatic rings. The summed E-state index contributed by atoms with van der Waals surface area (Å²) in [4.78, 5) is 27.9. The first-order chi connectivity index (χ1) is 15.7. The van der Waals surface area contributed by atoms with Crippen LogP contribution < -0.4 is 11.1 Å².